The summed E-state index contributed by atoms with van der Waals surface area (Å²) in [6, 6.07) is 23.7. The standard InChI is InChI=1S/C27H27NO4S/c1-19(33(3,29)30)14-21-16-23-10-7-13-28-27(23)24(17-21)22-9-6-8-20(15-22)18-32-26-12-5-4-11-25(26)31-2/h4-13,15-17,19H,14,18H2,1-3H3. The van der Waals surface area contributed by atoms with Gasteiger partial charge in [-0.15, -0.1) is 0 Å². The third-order valence-electron chi connectivity index (χ3n) is 5.72. The van der Waals surface area contributed by atoms with Crippen LogP contribution in [0.15, 0.2) is 79.0 Å². The van der Waals surface area contributed by atoms with Crippen LogP contribution in [0.5, 0.6) is 11.5 Å². The molecular weight excluding hydrogens is 434 g/mol. The Labute approximate surface area is 194 Å². The number of aromatic nitrogens is 1. The fourth-order valence-electron chi connectivity index (χ4n) is 3.80. The molecule has 0 N–H and O–H groups in total. The summed E-state index contributed by atoms with van der Waals surface area (Å²) in [4.78, 5) is 4.61. The Bertz CT molecular complexity index is 1380. The minimum absolute atomic E-state index is 0.393. The summed E-state index contributed by atoms with van der Waals surface area (Å²) in [5.74, 6) is 1.38. The van der Waals surface area contributed by atoms with E-state index in [9.17, 15) is 8.42 Å². The van der Waals surface area contributed by atoms with Gasteiger partial charge in [-0.3, -0.25) is 4.98 Å². The van der Waals surface area contributed by atoms with Gasteiger partial charge in [-0.2, -0.15) is 0 Å². The number of ether oxygens (including phenoxy) is 2. The van der Waals surface area contributed by atoms with Gasteiger partial charge in [-0.1, -0.05) is 36.4 Å². The number of benzene rings is 3. The summed E-state index contributed by atoms with van der Waals surface area (Å²) < 4.78 is 35.4. The maximum atomic E-state index is 12.0. The fraction of sp³-hybridized carbons (Fsp3) is 0.222. The molecule has 0 bridgehead atoms. The average Bonchev–Trinajstić information content (AvgIpc) is 2.82. The number of pyridine rings is 1. The van der Waals surface area contributed by atoms with Crippen molar-refractivity contribution < 1.29 is 17.9 Å². The van der Waals surface area contributed by atoms with Crippen molar-refractivity contribution in [2.45, 2.75) is 25.2 Å². The molecule has 1 unspecified atom stereocenters. The summed E-state index contributed by atoms with van der Waals surface area (Å²) in [7, 11) is -1.50. The molecule has 4 aromatic rings. The average molecular weight is 462 g/mol. The van der Waals surface area contributed by atoms with E-state index in [2.05, 4.69) is 17.1 Å². The van der Waals surface area contributed by atoms with E-state index in [1.165, 1.54) is 6.26 Å². The van der Waals surface area contributed by atoms with Crippen molar-refractivity contribution in [2.24, 2.45) is 0 Å². The lowest BCUT2D eigenvalue weighted by molar-refractivity contribution is 0.284. The summed E-state index contributed by atoms with van der Waals surface area (Å²) in [5, 5.41) is 0.529. The molecule has 6 heteroatoms. The number of methoxy groups -OCH3 is 1. The maximum Gasteiger partial charge on any atom is 0.161 e. The SMILES string of the molecule is COc1ccccc1OCc1cccc(-c2cc(CC(C)S(C)(=O)=O)cc3cccnc23)c1. The predicted molar refractivity (Wildman–Crippen MR) is 133 cm³/mol. The van der Waals surface area contributed by atoms with Gasteiger partial charge in [0.15, 0.2) is 11.5 Å². The van der Waals surface area contributed by atoms with Crippen molar-refractivity contribution in [1.29, 1.82) is 0 Å². The Morgan fingerprint density at radius 1 is 0.909 bits per heavy atom. The Morgan fingerprint density at radius 2 is 1.70 bits per heavy atom. The molecule has 4 rings (SSSR count). The summed E-state index contributed by atoms with van der Waals surface area (Å²) >= 11 is 0. The Kier molecular flexibility index (Phi) is 6.65. The summed E-state index contributed by atoms with van der Waals surface area (Å²) in [5.41, 5.74) is 4.85. The number of hydrogen-bond donors (Lipinski definition) is 0. The molecule has 170 valence electrons. The van der Waals surface area contributed by atoms with E-state index in [0.717, 1.165) is 33.2 Å². The van der Waals surface area contributed by atoms with Crippen LogP contribution >= 0.6 is 0 Å². The number of rotatable bonds is 8. The van der Waals surface area contributed by atoms with E-state index in [1.807, 2.05) is 60.7 Å². The van der Waals surface area contributed by atoms with Crippen LogP contribution in [0.3, 0.4) is 0 Å². The van der Waals surface area contributed by atoms with Crippen LogP contribution in [0.1, 0.15) is 18.1 Å². The molecule has 0 radical (unpaired) electrons. The molecule has 0 amide bonds. The second kappa shape index (κ2) is 9.63. The molecule has 0 fully saturated rings. The minimum Gasteiger partial charge on any atom is -0.493 e. The van der Waals surface area contributed by atoms with Gasteiger partial charge in [-0.25, -0.2) is 8.42 Å². The molecular formula is C27H27NO4S. The van der Waals surface area contributed by atoms with Crippen LogP contribution in [-0.2, 0) is 22.9 Å². The van der Waals surface area contributed by atoms with Crippen molar-refractivity contribution in [2.75, 3.05) is 13.4 Å². The van der Waals surface area contributed by atoms with Crippen LogP contribution in [0.4, 0.5) is 0 Å². The Balaban J connectivity index is 1.68. The normalized spacial score (nSPS) is 12.5. The van der Waals surface area contributed by atoms with E-state index in [-0.39, 0.29) is 0 Å². The largest absolute Gasteiger partial charge is 0.493 e. The Hall–Kier alpha value is -3.38. The first kappa shape index (κ1) is 22.8. The van der Waals surface area contributed by atoms with Crippen LogP contribution in [0.2, 0.25) is 0 Å². The smallest absolute Gasteiger partial charge is 0.161 e. The van der Waals surface area contributed by atoms with Gasteiger partial charge in [0.2, 0.25) is 0 Å². The number of hydrogen-bond acceptors (Lipinski definition) is 5. The molecule has 0 spiro atoms. The summed E-state index contributed by atoms with van der Waals surface area (Å²) in [6.45, 7) is 2.14. The Morgan fingerprint density at radius 3 is 2.45 bits per heavy atom. The molecule has 1 heterocycles. The highest BCUT2D eigenvalue weighted by atomic mass is 32.2. The maximum absolute atomic E-state index is 12.0. The van der Waals surface area contributed by atoms with E-state index >= 15 is 0 Å². The molecule has 3 aromatic carbocycles. The minimum atomic E-state index is -3.12. The fourth-order valence-corrected chi connectivity index (χ4v) is 4.30. The summed E-state index contributed by atoms with van der Waals surface area (Å²) in [6.07, 6.45) is 3.51. The van der Waals surface area contributed by atoms with Crippen molar-refractivity contribution in [3.63, 3.8) is 0 Å². The predicted octanol–water partition coefficient (Wildman–Crippen LogP) is 5.47. The number of sulfone groups is 1. The number of fused-ring (bicyclic) bond motifs is 1. The highest BCUT2D eigenvalue weighted by Crippen LogP contribution is 2.31. The van der Waals surface area contributed by atoms with Crippen LogP contribution in [-0.4, -0.2) is 32.0 Å². The molecule has 0 saturated carbocycles. The van der Waals surface area contributed by atoms with Crippen LogP contribution in [0.25, 0.3) is 22.0 Å². The zero-order valence-electron chi connectivity index (χ0n) is 19.0. The molecule has 1 atom stereocenters. The molecule has 0 saturated heterocycles. The first-order valence-corrected chi connectivity index (χ1v) is 12.7. The van der Waals surface area contributed by atoms with Gasteiger partial charge in [-0.05, 0) is 66.4 Å². The first-order chi connectivity index (χ1) is 15.8. The molecule has 0 aliphatic heterocycles. The van der Waals surface area contributed by atoms with Crippen molar-refractivity contribution in [3.8, 4) is 22.6 Å². The number of nitrogens with zero attached hydrogens (tertiary/aromatic N) is 1. The molecule has 0 aliphatic carbocycles. The lowest BCUT2D eigenvalue weighted by Crippen LogP contribution is -2.18. The van der Waals surface area contributed by atoms with Crippen molar-refractivity contribution in [1.82, 2.24) is 4.98 Å². The second-order valence-electron chi connectivity index (χ2n) is 8.20. The third-order valence-corrected chi connectivity index (χ3v) is 7.35. The monoisotopic (exact) mass is 461 g/mol. The van der Waals surface area contributed by atoms with Crippen molar-refractivity contribution >= 4 is 20.7 Å². The molecule has 5 nitrogen and oxygen atoms in total. The van der Waals surface area contributed by atoms with Gasteiger partial charge in [0, 0.05) is 23.4 Å². The van der Waals surface area contributed by atoms with Gasteiger partial charge >= 0.3 is 0 Å². The van der Waals surface area contributed by atoms with Crippen LogP contribution < -0.4 is 9.47 Å². The number of para-hydroxylation sites is 2. The molecule has 33 heavy (non-hydrogen) atoms. The van der Waals surface area contributed by atoms with Gasteiger partial charge in [0.1, 0.15) is 16.4 Å². The van der Waals surface area contributed by atoms with E-state index < -0.39 is 15.1 Å². The van der Waals surface area contributed by atoms with Crippen molar-refractivity contribution in [3.05, 3.63) is 90.1 Å². The van der Waals surface area contributed by atoms with E-state index in [1.54, 1.807) is 20.2 Å². The van der Waals surface area contributed by atoms with E-state index in [4.69, 9.17) is 9.47 Å². The van der Waals surface area contributed by atoms with Crippen LogP contribution in [0, 0.1) is 0 Å². The zero-order valence-corrected chi connectivity index (χ0v) is 19.8. The highest BCUT2D eigenvalue weighted by molar-refractivity contribution is 7.91. The first-order valence-electron chi connectivity index (χ1n) is 10.8. The van der Waals surface area contributed by atoms with Gasteiger partial charge in [0.25, 0.3) is 0 Å². The van der Waals surface area contributed by atoms with Gasteiger partial charge in [0.05, 0.1) is 17.9 Å². The topological polar surface area (TPSA) is 65.5 Å². The quantitative estimate of drug-likeness (QED) is 0.348. The molecule has 0 aliphatic rings. The zero-order chi connectivity index (χ0) is 23.4. The third kappa shape index (κ3) is 5.34. The molecule has 1 aromatic heterocycles. The lowest BCUT2D eigenvalue weighted by Gasteiger charge is -2.14. The van der Waals surface area contributed by atoms with E-state index in [0.29, 0.717) is 24.5 Å². The lowest BCUT2D eigenvalue weighted by atomic mass is 9.96. The second-order valence-corrected chi connectivity index (χ2v) is 10.7. The van der Waals surface area contributed by atoms with Gasteiger partial charge < -0.3 is 9.47 Å². The highest BCUT2D eigenvalue weighted by Gasteiger charge is 2.17.